The minimum atomic E-state index is -4.82. The number of alkyl halides is 3. The first-order chi connectivity index (χ1) is 8.70. The van der Waals surface area contributed by atoms with E-state index in [2.05, 4.69) is 0 Å². The third kappa shape index (κ3) is 0.988. The van der Waals surface area contributed by atoms with Crippen molar-refractivity contribution in [1.82, 2.24) is 0 Å². The molecule has 0 aromatic heterocycles. The van der Waals surface area contributed by atoms with Gasteiger partial charge in [-0.1, -0.05) is 34.6 Å². The quantitative estimate of drug-likeness (QED) is 0.646. The lowest BCUT2D eigenvalue weighted by molar-refractivity contribution is -0.197. The molecule has 0 radical (unpaired) electrons. The van der Waals surface area contributed by atoms with Crippen LogP contribution in [0.3, 0.4) is 0 Å². The summed E-state index contributed by atoms with van der Waals surface area (Å²) in [5.74, 6) is -0.381. The molecule has 7 heteroatoms. The van der Waals surface area contributed by atoms with Crippen molar-refractivity contribution in [3.05, 3.63) is 0 Å². The van der Waals surface area contributed by atoms with E-state index in [0.717, 1.165) is 0 Å². The van der Waals surface area contributed by atoms with Gasteiger partial charge in [-0.15, -0.1) is 0 Å². The van der Waals surface area contributed by atoms with E-state index < -0.39 is 49.8 Å². The maximum absolute atomic E-state index is 13.8. The van der Waals surface area contributed by atoms with Gasteiger partial charge < -0.3 is 0 Å². The van der Waals surface area contributed by atoms with Crippen LogP contribution in [0.25, 0.3) is 0 Å². The van der Waals surface area contributed by atoms with Crippen molar-refractivity contribution in [2.45, 2.75) is 58.1 Å². The molecule has 3 fully saturated rings. The van der Waals surface area contributed by atoms with E-state index in [1.54, 1.807) is 13.8 Å². The molecule has 2 saturated carbocycles. The smallest absolute Gasteiger partial charge is 0.265 e. The van der Waals surface area contributed by atoms with Crippen LogP contribution >= 0.6 is 0 Å². The van der Waals surface area contributed by atoms with Crippen LogP contribution in [0.2, 0.25) is 0 Å². The van der Waals surface area contributed by atoms with E-state index in [4.69, 9.17) is 4.18 Å². The average molecular weight is 312 g/mol. The summed E-state index contributed by atoms with van der Waals surface area (Å²) in [6, 6.07) is 0. The van der Waals surface area contributed by atoms with Crippen LogP contribution in [0, 0.1) is 22.2 Å². The van der Waals surface area contributed by atoms with Crippen molar-refractivity contribution in [1.29, 1.82) is 0 Å². The lowest BCUT2D eigenvalue weighted by Crippen LogP contribution is -2.61. The largest absolute Gasteiger partial charge is 0.411 e. The highest BCUT2D eigenvalue weighted by molar-refractivity contribution is 7.88. The Morgan fingerprint density at radius 1 is 1.15 bits per heavy atom. The van der Waals surface area contributed by atoms with Crippen LogP contribution in [-0.4, -0.2) is 25.4 Å². The molecule has 20 heavy (non-hydrogen) atoms. The highest BCUT2D eigenvalue weighted by atomic mass is 32.2. The summed E-state index contributed by atoms with van der Waals surface area (Å²) < 4.78 is 68.2. The molecule has 0 amide bonds. The van der Waals surface area contributed by atoms with Crippen LogP contribution in [0.1, 0.15) is 41.0 Å². The lowest BCUT2D eigenvalue weighted by Gasteiger charge is -2.47. The van der Waals surface area contributed by atoms with Gasteiger partial charge >= 0.3 is 6.18 Å². The summed E-state index contributed by atoms with van der Waals surface area (Å²) >= 11 is 0. The first kappa shape index (κ1) is 14.6. The second-order valence-electron chi connectivity index (χ2n) is 7.58. The van der Waals surface area contributed by atoms with Crippen molar-refractivity contribution in [3.63, 3.8) is 0 Å². The Bertz CT molecular complexity index is 596. The molecule has 2 bridgehead atoms. The second kappa shape index (κ2) is 3.07. The first-order valence-corrected chi connectivity index (χ1v) is 8.10. The molecule has 3 nitrogen and oxygen atoms in total. The van der Waals surface area contributed by atoms with Gasteiger partial charge in [0.25, 0.3) is 10.1 Å². The summed E-state index contributed by atoms with van der Waals surface area (Å²) in [7, 11) is -4.68. The van der Waals surface area contributed by atoms with Crippen LogP contribution < -0.4 is 0 Å². The zero-order valence-electron chi connectivity index (χ0n) is 12.1. The molecule has 2 aliphatic carbocycles. The molecule has 3 aliphatic rings. The fourth-order valence-electron chi connectivity index (χ4n) is 5.48. The highest BCUT2D eigenvalue weighted by Crippen LogP contribution is 2.83. The van der Waals surface area contributed by atoms with E-state index in [-0.39, 0.29) is 5.92 Å². The van der Waals surface area contributed by atoms with Crippen molar-refractivity contribution in [3.8, 4) is 0 Å². The van der Waals surface area contributed by atoms with Crippen molar-refractivity contribution in [2.24, 2.45) is 22.2 Å². The minimum absolute atomic E-state index is 0.381. The van der Waals surface area contributed by atoms with Crippen molar-refractivity contribution < 1.29 is 25.8 Å². The minimum Gasteiger partial charge on any atom is -0.265 e. The Hall–Kier alpha value is -0.300. The topological polar surface area (TPSA) is 43.4 Å². The lowest BCUT2D eigenvalue weighted by atomic mass is 9.59. The Morgan fingerprint density at radius 3 is 2.05 bits per heavy atom. The predicted octanol–water partition coefficient (Wildman–Crippen LogP) is 3.11. The third-order valence-electron chi connectivity index (χ3n) is 7.12. The maximum atomic E-state index is 13.8. The molecule has 1 aliphatic heterocycles. The zero-order chi connectivity index (χ0) is 15.6. The molecule has 5 unspecified atom stereocenters. The molecular formula is C13H19F3O3S. The molecule has 0 N–H and O–H groups in total. The van der Waals surface area contributed by atoms with Gasteiger partial charge in [0.2, 0.25) is 4.75 Å². The molecule has 0 aromatic carbocycles. The molecular weight excluding hydrogens is 293 g/mol. The van der Waals surface area contributed by atoms with Gasteiger partial charge in [0, 0.05) is 5.41 Å². The van der Waals surface area contributed by atoms with Gasteiger partial charge in [-0.25, -0.2) is 0 Å². The standard InChI is InChI=1S/C13H19F3O3S/c1-7-10(4)6-12(13(14,15)16)11(7,5)8(9(10,2)3)19-20(12,17)18/h7-8H,6H2,1-5H3. The Labute approximate surface area is 117 Å². The van der Waals surface area contributed by atoms with E-state index in [0.29, 0.717) is 0 Å². The fraction of sp³-hybridized carbons (Fsp3) is 1.00. The molecule has 116 valence electrons. The van der Waals surface area contributed by atoms with E-state index >= 15 is 0 Å². The molecule has 3 rings (SSSR count). The van der Waals surface area contributed by atoms with Gasteiger partial charge in [0.1, 0.15) is 0 Å². The normalized spacial score (nSPS) is 55.4. The number of hydrogen-bond donors (Lipinski definition) is 0. The highest BCUT2D eigenvalue weighted by Gasteiger charge is 2.93. The second-order valence-corrected chi connectivity index (χ2v) is 9.37. The summed E-state index contributed by atoms with van der Waals surface area (Å²) in [5.41, 5.74) is -2.76. The SMILES string of the molecule is CC1C2(C)CC3(C(F)(F)F)C1(C)C(OS3(=O)=O)C2(C)C. The maximum Gasteiger partial charge on any atom is 0.411 e. The number of rotatable bonds is 0. The first-order valence-electron chi connectivity index (χ1n) is 6.70. The van der Waals surface area contributed by atoms with Gasteiger partial charge in [-0.05, 0) is 23.2 Å². The van der Waals surface area contributed by atoms with Crippen LogP contribution in [-0.2, 0) is 14.3 Å². The number of halogens is 3. The van der Waals surface area contributed by atoms with Crippen molar-refractivity contribution >= 4 is 10.1 Å². The van der Waals surface area contributed by atoms with Crippen LogP contribution in [0.15, 0.2) is 0 Å². The van der Waals surface area contributed by atoms with Crippen LogP contribution in [0.4, 0.5) is 13.2 Å². The Kier molecular flexibility index (Phi) is 2.24. The van der Waals surface area contributed by atoms with E-state index in [1.807, 2.05) is 13.8 Å². The molecule has 1 heterocycles. The summed E-state index contributed by atoms with van der Waals surface area (Å²) in [4.78, 5) is 0. The van der Waals surface area contributed by atoms with Gasteiger partial charge in [0.15, 0.2) is 0 Å². The molecule has 5 atom stereocenters. The van der Waals surface area contributed by atoms with Gasteiger partial charge in [-0.2, -0.15) is 21.6 Å². The summed E-state index contributed by atoms with van der Waals surface area (Å²) in [6.07, 6.45) is -6.15. The zero-order valence-corrected chi connectivity index (χ0v) is 12.9. The van der Waals surface area contributed by atoms with Gasteiger partial charge in [-0.3, -0.25) is 4.18 Å². The average Bonchev–Trinajstić information content (AvgIpc) is 2.58. The number of fused-ring (bicyclic) bond motifs is 1. The van der Waals surface area contributed by atoms with E-state index in [1.165, 1.54) is 6.92 Å². The summed E-state index contributed by atoms with van der Waals surface area (Å²) in [6.45, 7) is 8.59. The fourth-order valence-corrected chi connectivity index (χ4v) is 7.92. The van der Waals surface area contributed by atoms with Crippen LogP contribution in [0.5, 0.6) is 0 Å². The molecule has 1 saturated heterocycles. The Balaban J connectivity index is 2.41. The molecule has 0 spiro atoms. The monoisotopic (exact) mass is 312 g/mol. The van der Waals surface area contributed by atoms with Gasteiger partial charge in [0.05, 0.1) is 6.10 Å². The van der Waals surface area contributed by atoms with E-state index in [9.17, 15) is 21.6 Å². The van der Waals surface area contributed by atoms with Crippen molar-refractivity contribution in [2.75, 3.05) is 0 Å². The third-order valence-corrected chi connectivity index (χ3v) is 9.24. The summed E-state index contributed by atoms with van der Waals surface area (Å²) in [5, 5.41) is 0. The number of hydrogen-bond acceptors (Lipinski definition) is 3. The Morgan fingerprint density at radius 2 is 1.65 bits per heavy atom. The molecule has 0 aromatic rings. The predicted molar refractivity (Wildman–Crippen MR) is 66.4 cm³/mol.